The van der Waals surface area contributed by atoms with Gasteiger partial charge in [-0.25, -0.2) is 4.98 Å². The van der Waals surface area contributed by atoms with Crippen LogP contribution in [-0.4, -0.2) is 19.8 Å². The average molecular weight is 290 g/mol. The van der Waals surface area contributed by atoms with Crippen molar-refractivity contribution in [1.82, 2.24) is 19.8 Å². The van der Waals surface area contributed by atoms with Gasteiger partial charge in [0, 0.05) is 10.0 Å². The van der Waals surface area contributed by atoms with Gasteiger partial charge < -0.3 is 5.73 Å². The molecule has 5 nitrogen and oxygen atoms in total. The zero-order valence-electron chi connectivity index (χ0n) is 8.71. The molecule has 2 heterocycles. The van der Waals surface area contributed by atoms with Gasteiger partial charge in [-0.15, -0.1) is 5.10 Å². The number of anilines is 1. The van der Waals surface area contributed by atoms with Crippen LogP contribution in [-0.2, 0) is 0 Å². The number of nitrogens with zero attached hydrogens (tertiary/aromatic N) is 4. The van der Waals surface area contributed by atoms with E-state index in [0.717, 1.165) is 15.7 Å². The number of halogens is 1. The highest BCUT2D eigenvalue weighted by molar-refractivity contribution is 9.10. The molecule has 84 valence electrons. The van der Waals surface area contributed by atoms with Gasteiger partial charge in [0.25, 0.3) is 0 Å². The Kier molecular flexibility index (Phi) is 2.29. The van der Waals surface area contributed by atoms with Gasteiger partial charge >= 0.3 is 0 Å². The molecular weight excluding hydrogens is 282 g/mol. The molecule has 0 aliphatic carbocycles. The van der Waals surface area contributed by atoms with Gasteiger partial charge in [0.2, 0.25) is 0 Å². The summed E-state index contributed by atoms with van der Waals surface area (Å²) >= 11 is 3.43. The van der Waals surface area contributed by atoms with Crippen molar-refractivity contribution in [3.63, 3.8) is 0 Å². The van der Waals surface area contributed by atoms with Gasteiger partial charge in [-0.1, -0.05) is 33.3 Å². The Morgan fingerprint density at radius 1 is 1.29 bits per heavy atom. The maximum atomic E-state index is 5.64. The molecule has 0 bridgehead atoms. The number of nitrogen functional groups attached to an aromatic ring is 1. The summed E-state index contributed by atoms with van der Waals surface area (Å²) in [5.74, 6) is 0. The molecule has 6 heteroatoms. The van der Waals surface area contributed by atoms with E-state index < -0.39 is 0 Å². The SMILES string of the molecule is Nc1cnc2c(-c3cccc(Br)c3)nnn2c1. The van der Waals surface area contributed by atoms with Crippen molar-refractivity contribution in [2.45, 2.75) is 0 Å². The van der Waals surface area contributed by atoms with Gasteiger partial charge in [-0.05, 0) is 12.1 Å². The second-order valence-electron chi connectivity index (χ2n) is 3.60. The number of hydrogen-bond donors (Lipinski definition) is 1. The highest BCUT2D eigenvalue weighted by atomic mass is 79.9. The predicted molar refractivity (Wildman–Crippen MR) is 68.3 cm³/mol. The molecule has 1 aromatic carbocycles. The molecule has 0 atom stereocenters. The normalized spacial score (nSPS) is 10.9. The highest BCUT2D eigenvalue weighted by Crippen LogP contribution is 2.23. The minimum atomic E-state index is 0.559. The zero-order chi connectivity index (χ0) is 11.8. The summed E-state index contributed by atoms with van der Waals surface area (Å²) < 4.78 is 2.57. The van der Waals surface area contributed by atoms with Crippen LogP contribution in [0.15, 0.2) is 41.1 Å². The summed E-state index contributed by atoms with van der Waals surface area (Å²) in [7, 11) is 0. The maximum Gasteiger partial charge on any atom is 0.183 e. The molecule has 17 heavy (non-hydrogen) atoms. The van der Waals surface area contributed by atoms with Crippen LogP contribution in [0, 0.1) is 0 Å². The Balaban J connectivity index is 2.24. The number of fused-ring (bicyclic) bond motifs is 1. The van der Waals surface area contributed by atoms with E-state index >= 15 is 0 Å². The Hall–Kier alpha value is -1.95. The summed E-state index contributed by atoms with van der Waals surface area (Å²) in [5.41, 5.74) is 8.59. The summed E-state index contributed by atoms with van der Waals surface area (Å²) in [6.45, 7) is 0. The van der Waals surface area contributed by atoms with Gasteiger partial charge in [0.1, 0.15) is 5.69 Å². The molecule has 0 fully saturated rings. The number of rotatable bonds is 1. The van der Waals surface area contributed by atoms with Crippen molar-refractivity contribution >= 4 is 27.3 Å². The largest absolute Gasteiger partial charge is 0.396 e. The fraction of sp³-hybridized carbons (Fsp3) is 0. The molecule has 0 amide bonds. The van der Waals surface area contributed by atoms with Crippen molar-refractivity contribution in [1.29, 1.82) is 0 Å². The Bertz CT molecular complexity index is 691. The van der Waals surface area contributed by atoms with Crippen LogP contribution < -0.4 is 5.73 Å². The first-order chi connectivity index (χ1) is 8.24. The summed E-state index contributed by atoms with van der Waals surface area (Å²) in [6.07, 6.45) is 3.29. The molecule has 0 spiro atoms. The molecular formula is C11H8BrN5. The van der Waals surface area contributed by atoms with Crippen LogP contribution in [0.2, 0.25) is 0 Å². The lowest BCUT2D eigenvalue weighted by atomic mass is 10.2. The van der Waals surface area contributed by atoms with E-state index in [1.807, 2.05) is 24.3 Å². The van der Waals surface area contributed by atoms with E-state index in [1.165, 1.54) is 0 Å². The quantitative estimate of drug-likeness (QED) is 0.745. The first-order valence-corrected chi connectivity index (χ1v) is 5.76. The summed E-state index contributed by atoms with van der Waals surface area (Å²) in [5, 5.41) is 8.12. The fourth-order valence-corrected chi connectivity index (χ4v) is 2.03. The van der Waals surface area contributed by atoms with Crippen molar-refractivity contribution in [3.8, 4) is 11.3 Å². The van der Waals surface area contributed by atoms with E-state index in [2.05, 4.69) is 31.2 Å². The second-order valence-corrected chi connectivity index (χ2v) is 4.52. The summed E-state index contributed by atoms with van der Waals surface area (Å²) in [4.78, 5) is 4.24. The van der Waals surface area contributed by atoms with E-state index in [0.29, 0.717) is 11.3 Å². The molecule has 2 N–H and O–H groups in total. The Morgan fingerprint density at radius 2 is 2.18 bits per heavy atom. The summed E-state index contributed by atoms with van der Waals surface area (Å²) in [6, 6.07) is 7.84. The lowest BCUT2D eigenvalue weighted by Gasteiger charge is -1.98. The minimum Gasteiger partial charge on any atom is -0.396 e. The third kappa shape index (κ3) is 1.76. The lowest BCUT2D eigenvalue weighted by molar-refractivity contribution is 0.849. The molecule has 2 aromatic heterocycles. The number of hydrogen-bond acceptors (Lipinski definition) is 4. The topological polar surface area (TPSA) is 69.1 Å². The van der Waals surface area contributed by atoms with Crippen LogP contribution in [0.1, 0.15) is 0 Å². The maximum absolute atomic E-state index is 5.64. The number of aromatic nitrogens is 4. The fourth-order valence-electron chi connectivity index (χ4n) is 1.63. The molecule has 0 aliphatic rings. The van der Waals surface area contributed by atoms with Gasteiger partial charge in [-0.3, -0.25) is 0 Å². The van der Waals surface area contributed by atoms with Gasteiger partial charge in [0.05, 0.1) is 18.1 Å². The molecule has 0 unspecified atom stereocenters. The van der Waals surface area contributed by atoms with Gasteiger partial charge in [-0.2, -0.15) is 4.52 Å². The van der Waals surface area contributed by atoms with Crippen molar-refractivity contribution in [2.24, 2.45) is 0 Å². The average Bonchev–Trinajstić information content (AvgIpc) is 2.71. The van der Waals surface area contributed by atoms with E-state index in [1.54, 1.807) is 16.9 Å². The first-order valence-electron chi connectivity index (χ1n) is 4.96. The third-order valence-corrected chi connectivity index (χ3v) is 2.87. The standard InChI is InChI=1S/C11H8BrN5/c12-8-3-1-2-7(4-8)10-11-14-5-9(13)6-17(11)16-15-10/h1-6H,13H2. The van der Waals surface area contributed by atoms with Crippen LogP contribution in [0.4, 0.5) is 5.69 Å². The monoisotopic (exact) mass is 289 g/mol. The number of nitrogens with two attached hydrogens (primary N) is 1. The second kappa shape index (κ2) is 3.81. The van der Waals surface area contributed by atoms with Crippen LogP contribution in [0.25, 0.3) is 16.9 Å². The van der Waals surface area contributed by atoms with E-state index in [4.69, 9.17) is 5.73 Å². The van der Waals surface area contributed by atoms with E-state index in [-0.39, 0.29) is 0 Å². The highest BCUT2D eigenvalue weighted by Gasteiger charge is 2.10. The molecule has 3 rings (SSSR count). The van der Waals surface area contributed by atoms with Crippen LogP contribution >= 0.6 is 15.9 Å². The molecule has 0 aliphatic heterocycles. The molecule has 0 saturated heterocycles. The van der Waals surface area contributed by atoms with E-state index in [9.17, 15) is 0 Å². The zero-order valence-corrected chi connectivity index (χ0v) is 10.3. The minimum absolute atomic E-state index is 0.559. The Morgan fingerprint density at radius 3 is 3.00 bits per heavy atom. The number of benzene rings is 1. The lowest BCUT2D eigenvalue weighted by Crippen LogP contribution is -1.94. The first kappa shape index (κ1) is 10.2. The van der Waals surface area contributed by atoms with Crippen molar-refractivity contribution in [2.75, 3.05) is 5.73 Å². The van der Waals surface area contributed by atoms with Crippen LogP contribution in [0.5, 0.6) is 0 Å². The third-order valence-electron chi connectivity index (χ3n) is 2.38. The van der Waals surface area contributed by atoms with Crippen molar-refractivity contribution < 1.29 is 0 Å². The molecule has 0 radical (unpaired) electrons. The van der Waals surface area contributed by atoms with Gasteiger partial charge in [0.15, 0.2) is 5.65 Å². The smallest absolute Gasteiger partial charge is 0.183 e. The molecule has 0 saturated carbocycles. The Labute approximate surface area is 105 Å². The molecule has 3 aromatic rings. The van der Waals surface area contributed by atoms with Crippen LogP contribution in [0.3, 0.4) is 0 Å². The van der Waals surface area contributed by atoms with Crippen molar-refractivity contribution in [3.05, 3.63) is 41.1 Å². The predicted octanol–water partition coefficient (Wildman–Crippen LogP) is 2.14.